The number of non-ortho nitro benzene ring substituents is 1. The van der Waals surface area contributed by atoms with Gasteiger partial charge in [-0.2, -0.15) is 0 Å². The van der Waals surface area contributed by atoms with Crippen LogP contribution in [0.4, 0.5) is 5.69 Å². The van der Waals surface area contributed by atoms with Gasteiger partial charge in [-0.1, -0.05) is 17.7 Å². The molecule has 1 aliphatic heterocycles. The van der Waals surface area contributed by atoms with Gasteiger partial charge in [0, 0.05) is 21.7 Å². The zero-order chi connectivity index (χ0) is 17.8. The van der Waals surface area contributed by atoms with Crippen molar-refractivity contribution in [1.82, 2.24) is 5.32 Å². The largest absolute Gasteiger partial charge is 0.484 e. The molecule has 1 amide bonds. The summed E-state index contributed by atoms with van der Waals surface area (Å²) < 4.78 is 5.36. The van der Waals surface area contributed by atoms with Crippen molar-refractivity contribution in [3.63, 3.8) is 0 Å². The lowest BCUT2D eigenvalue weighted by atomic mass is 10.0. The van der Waals surface area contributed by atoms with Crippen molar-refractivity contribution in [2.75, 3.05) is 12.4 Å². The van der Waals surface area contributed by atoms with Crippen LogP contribution in [0.1, 0.15) is 18.0 Å². The molecule has 1 atom stereocenters. The van der Waals surface area contributed by atoms with Crippen LogP contribution in [0.2, 0.25) is 5.02 Å². The summed E-state index contributed by atoms with van der Waals surface area (Å²) in [5.41, 5.74) is 0.929. The summed E-state index contributed by atoms with van der Waals surface area (Å²) in [5.74, 6) is 0.909. The Kier molecular flexibility index (Phi) is 5.45. The third kappa shape index (κ3) is 4.43. The lowest BCUT2D eigenvalue weighted by Gasteiger charge is -2.26. The minimum Gasteiger partial charge on any atom is -0.484 e. The molecule has 130 valence electrons. The fourth-order valence-corrected chi connectivity index (χ4v) is 3.87. The molecule has 2 aromatic rings. The molecule has 0 aliphatic carbocycles. The monoisotopic (exact) mass is 378 g/mol. The first-order valence-electron chi connectivity index (χ1n) is 7.62. The van der Waals surface area contributed by atoms with Gasteiger partial charge in [0.15, 0.2) is 6.61 Å². The summed E-state index contributed by atoms with van der Waals surface area (Å²) in [6.45, 7) is -0.208. The van der Waals surface area contributed by atoms with E-state index in [-0.39, 0.29) is 30.0 Å². The number of hydrogen-bond donors (Lipinski definition) is 1. The van der Waals surface area contributed by atoms with Gasteiger partial charge in [0.25, 0.3) is 11.6 Å². The van der Waals surface area contributed by atoms with Crippen molar-refractivity contribution in [3.8, 4) is 5.75 Å². The third-order valence-corrected chi connectivity index (χ3v) is 5.10. The first-order valence-corrected chi connectivity index (χ1v) is 8.98. The van der Waals surface area contributed by atoms with Gasteiger partial charge in [0.1, 0.15) is 5.75 Å². The normalized spacial score (nSPS) is 16.0. The van der Waals surface area contributed by atoms with Crippen molar-refractivity contribution < 1.29 is 14.5 Å². The second-order valence-electron chi connectivity index (χ2n) is 5.48. The number of nitro benzene ring substituents is 1. The zero-order valence-electron chi connectivity index (χ0n) is 13.1. The predicted octanol–water partition coefficient (Wildman–Crippen LogP) is 3.98. The molecule has 0 radical (unpaired) electrons. The van der Waals surface area contributed by atoms with Crippen molar-refractivity contribution in [3.05, 3.63) is 63.2 Å². The van der Waals surface area contributed by atoms with Gasteiger partial charge in [0.05, 0.1) is 17.0 Å². The molecule has 1 unspecified atom stereocenters. The fourth-order valence-electron chi connectivity index (χ4n) is 2.59. The highest BCUT2D eigenvalue weighted by Gasteiger charge is 2.22. The molecule has 1 N–H and O–H groups in total. The number of amides is 1. The van der Waals surface area contributed by atoms with Crippen molar-refractivity contribution in [1.29, 1.82) is 0 Å². The first-order chi connectivity index (χ1) is 12.0. The summed E-state index contributed by atoms with van der Waals surface area (Å²) >= 11 is 7.80. The summed E-state index contributed by atoms with van der Waals surface area (Å²) in [4.78, 5) is 23.5. The molecular formula is C17H15ClN2O4S. The van der Waals surface area contributed by atoms with Crippen LogP contribution in [-0.4, -0.2) is 23.2 Å². The Labute approximate surface area is 153 Å². The van der Waals surface area contributed by atoms with E-state index in [1.54, 1.807) is 17.8 Å². The quantitative estimate of drug-likeness (QED) is 0.628. The van der Waals surface area contributed by atoms with Crippen LogP contribution in [-0.2, 0) is 4.79 Å². The number of hydrogen-bond acceptors (Lipinski definition) is 5. The molecule has 0 fully saturated rings. The molecule has 25 heavy (non-hydrogen) atoms. The number of carbonyl (C=O) groups excluding carboxylic acids is 1. The highest BCUT2D eigenvalue weighted by atomic mass is 35.5. The average Bonchev–Trinajstić information content (AvgIpc) is 2.61. The molecule has 3 rings (SSSR count). The topological polar surface area (TPSA) is 81.5 Å². The molecule has 0 aromatic heterocycles. The van der Waals surface area contributed by atoms with E-state index in [2.05, 4.69) is 5.32 Å². The highest BCUT2D eigenvalue weighted by molar-refractivity contribution is 7.99. The molecule has 1 heterocycles. The molecule has 0 spiro atoms. The molecular weight excluding hydrogens is 364 g/mol. The van der Waals surface area contributed by atoms with E-state index in [0.29, 0.717) is 5.02 Å². The Morgan fingerprint density at radius 2 is 2.20 bits per heavy atom. The van der Waals surface area contributed by atoms with Gasteiger partial charge in [-0.25, -0.2) is 0 Å². The average molecular weight is 379 g/mol. The minimum absolute atomic E-state index is 0.0780. The summed E-state index contributed by atoms with van der Waals surface area (Å²) in [6.07, 6.45) is 0.806. The highest BCUT2D eigenvalue weighted by Crippen LogP contribution is 2.37. The molecule has 2 aromatic carbocycles. The van der Waals surface area contributed by atoms with E-state index >= 15 is 0 Å². The predicted molar refractivity (Wildman–Crippen MR) is 96.3 cm³/mol. The Morgan fingerprint density at radius 3 is 3.00 bits per heavy atom. The van der Waals surface area contributed by atoms with Crippen molar-refractivity contribution in [2.45, 2.75) is 17.4 Å². The molecule has 8 heteroatoms. The Bertz CT molecular complexity index is 815. The standard InChI is InChI=1S/C17H15ClN2O4S/c18-11-4-5-16-14(8-11)15(6-7-25-16)19-17(21)10-24-13-3-1-2-12(9-13)20(22)23/h1-5,8-9,15H,6-7,10H2,(H,19,21). The van der Waals surface area contributed by atoms with Crippen LogP contribution in [0, 0.1) is 10.1 Å². The first kappa shape index (κ1) is 17.6. The second kappa shape index (κ2) is 7.76. The maximum absolute atomic E-state index is 12.2. The number of nitro groups is 1. The molecule has 6 nitrogen and oxygen atoms in total. The molecule has 0 saturated carbocycles. The Balaban J connectivity index is 1.61. The minimum atomic E-state index is -0.507. The van der Waals surface area contributed by atoms with Crippen LogP contribution in [0.15, 0.2) is 47.4 Å². The van der Waals surface area contributed by atoms with Gasteiger partial charge in [0.2, 0.25) is 0 Å². The lowest BCUT2D eigenvalue weighted by molar-refractivity contribution is -0.384. The Hall–Kier alpha value is -2.25. The van der Waals surface area contributed by atoms with E-state index in [0.717, 1.165) is 22.6 Å². The number of carbonyl (C=O) groups is 1. The zero-order valence-corrected chi connectivity index (χ0v) is 14.7. The van der Waals surface area contributed by atoms with Crippen molar-refractivity contribution in [2.24, 2.45) is 0 Å². The number of halogens is 1. The van der Waals surface area contributed by atoms with Gasteiger partial charge in [-0.05, 0) is 36.2 Å². The number of thioether (sulfide) groups is 1. The van der Waals surface area contributed by atoms with E-state index in [9.17, 15) is 14.9 Å². The van der Waals surface area contributed by atoms with Gasteiger partial charge in [-0.15, -0.1) is 11.8 Å². The number of rotatable bonds is 5. The Morgan fingerprint density at radius 1 is 1.36 bits per heavy atom. The maximum Gasteiger partial charge on any atom is 0.273 e. The number of ether oxygens (including phenoxy) is 1. The molecule has 0 saturated heterocycles. The molecule has 0 bridgehead atoms. The number of benzene rings is 2. The van der Waals surface area contributed by atoms with Crippen LogP contribution < -0.4 is 10.1 Å². The smallest absolute Gasteiger partial charge is 0.273 e. The summed E-state index contributed by atoms with van der Waals surface area (Å²) in [6, 6.07) is 11.3. The summed E-state index contributed by atoms with van der Waals surface area (Å²) in [5, 5.41) is 14.3. The second-order valence-corrected chi connectivity index (χ2v) is 7.06. The lowest BCUT2D eigenvalue weighted by Crippen LogP contribution is -2.34. The summed E-state index contributed by atoms with van der Waals surface area (Å²) in [7, 11) is 0. The third-order valence-electron chi connectivity index (χ3n) is 3.74. The van der Waals surface area contributed by atoms with Gasteiger partial charge in [-0.3, -0.25) is 14.9 Å². The van der Waals surface area contributed by atoms with Crippen LogP contribution in [0.3, 0.4) is 0 Å². The van der Waals surface area contributed by atoms with E-state index < -0.39 is 4.92 Å². The number of nitrogens with zero attached hydrogens (tertiary/aromatic N) is 1. The SMILES string of the molecule is O=C(COc1cccc([N+](=O)[O-])c1)NC1CCSc2ccc(Cl)cc21. The number of nitrogens with one attached hydrogen (secondary N) is 1. The van der Waals surface area contributed by atoms with Crippen LogP contribution in [0.25, 0.3) is 0 Å². The van der Waals surface area contributed by atoms with Gasteiger partial charge < -0.3 is 10.1 Å². The molecule has 1 aliphatic rings. The van der Waals surface area contributed by atoms with E-state index in [4.69, 9.17) is 16.3 Å². The fraction of sp³-hybridized carbons (Fsp3) is 0.235. The van der Waals surface area contributed by atoms with Crippen LogP contribution in [0.5, 0.6) is 5.75 Å². The van der Waals surface area contributed by atoms with Crippen LogP contribution >= 0.6 is 23.4 Å². The van der Waals surface area contributed by atoms with Crippen molar-refractivity contribution >= 4 is 35.0 Å². The van der Waals surface area contributed by atoms with E-state index in [1.807, 2.05) is 18.2 Å². The van der Waals surface area contributed by atoms with E-state index in [1.165, 1.54) is 18.2 Å². The number of fused-ring (bicyclic) bond motifs is 1. The van der Waals surface area contributed by atoms with Gasteiger partial charge >= 0.3 is 0 Å². The maximum atomic E-state index is 12.2.